The molecule has 0 atom stereocenters. The number of carbonyl (C=O) groups is 1. The zero-order valence-electron chi connectivity index (χ0n) is 8.71. The van der Waals surface area contributed by atoms with E-state index in [4.69, 9.17) is 5.11 Å². The minimum atomic E-state index is -0.680. The van der Waals surface area contributed by atoms with Crippen molar-refractivity contribution in [1.29, 1.82) is 0 Å². The van der Waals surface area contributed by atoms with Crippen LogP contribution in [0.15, 0.2) is 30.6 Å². The van der Waals surface area contributed by atoms with Crippen LogP contribution in [-0.2, 0) is 4.79 Å². The van der Waals surface area contributed by atoms with Crippen molar-refractivity contribution in [3.8, 4) is 0 Å². The zero-order valence-corrected chi connectivity index (χ0v) is 8.71. The molecule has 82 valence electrons. The smallest absolute Gasteiger partial charge is 0.306 e. The van der Waals surface area contributed by atoms with E-state index in [1.54, 1.807) is 0 Å². The maximum atomic E-state index is 10.7. The van der Waals surface area contributed by atoms with E-state index >= 15 is 0 Å². The molecule has 4 heteroatoms. The summed E-state index contributed by atoms with van der Waals surface area (Å²) in [6, 6.07) is 8.23. The maximum absolute atomic E-state index is 10.7. The summed E-state index contributed by atoms with van der Waals surface area (Å²) in [6.07, 6.45) is 3.25. The Bertz CT molecular complexity index is 541. The van der Waals surface area contributed by atoms with E-state index in [0.29, 0.717) is 6.04 Å². The minimum absolute atomic E-state index is 0.175. The average Bonchev–Trinajstić information content (AvgIpc) is 2.60. The van der Waals surface area contributed by atoms with Crippen LogP contribution in [-0.4, -0.2) is 20.6 Å². The highest BCUT2D eigenvalue weighted by molar-refractivity contribution is 5.76. The van der Waals surface area contributed by atoms with E-state index in [9.17, 15) is 4.79 Å². The molecule has 0 spiro atoms. The van der Waals surface area contributed by atoms with Gasteiger partial charge in [0.15, 0.2) is 0 Å². The molecule has 3 rings (SSSR count). The second-order valence-electron chi connectivity index (χ2n) is 4.30. The number of aliphatic carboxylic acids is 1. The summed E-state index contributed by atoms with van der Waals surface area (Å²) in [6.45, 7) is 0. The van der Waals surface area contributed by atoms with Crippen LogP contribution in [0.4, 0.5) is 0 Å². The Morgan fingerprint density at radius 3 is 2.88 bits per heavy atom. The molecule has 1 saturated carbocycles. The Hall–Kier alpha value is -1.84. The van der Waals surface area contributed by atoms with E-state index in [1.165, 1.54) is 0 Å². The number of benzene rings is 1. The molecule has 4 nitrogen and oxygen atoms in total. The van der Waals surface area contributed by atoms with Crippen molar-refractivity contribution < 1.29 is 9.90 Å². The molecule has 0 saturated heterocycles. The monoisotopic (exact) mass is 216 g/mol. The third-order valence-electron chi connectivity index (χ3n) is 3.34. The van der Waals surface area contributed by atoms with Crippen molar-refractivity contribution in [1.82, 2.24) is 9.55 Å². The molecule has 1 aliphatic rings. The van der Waals surface area contributed by atoms with Gasteiger partial charge in [0.25, 0.3) is 0 Å². The standard InChI is InChI=1S/C12H12N2O2/c15-12(16)8-5-9(6-8)14-7-13-10-3-1-2-4-11(10)14/h1-4,7-9H,5-6H2,(H,15,16). The predicted molar refractivity (Wildman–Crippen MR) is 59.1 cm³/mol. The van der Waals surface area contributed by atoms with Crippen molar-refractivity contribution in [3.05, 3.63) is 30.6 Å². The van der Waals surface area contributed by atoms with Gasteiger partial charge in [-0.1, -0.05) is 12.1 Å². The van der Waals surface area contributed by atoms with Gasteiger partial charge in [0.05, 0.1) is 23.3 Å². The summed E-state index contributed by atoms with van der Waals surface area (Å²) < 4.78 is 2.09. The number of imidazole rings is 1. The Morgan fingerprint density at radius 1 is 1.38 bits per heavy atom. The van der Waals surface area contributed by atoms with Crippen LogP contribution >= 0.6 is 0 Å². The quantitative estimate of drug-likeness (QED) is 0.836. The second-order valence-corrected chi connectivity index (χ2v) is 4.30. The summed E-state index contributed by atoms with van der Waals surface area (Å²) in [5, 5.41) is 8.84. The van der Waals surface area contributed by atoms with Gasteiger partial charge in [0, 0.05) is 6.04 Å². The molecule has 0 unspecified atom stereocenters. The number of fused-ring (bicyclic) bond motifs is 1. The van der Waals surface area contributed by atoms with Crippen LogP contribution in [0, 0.1) is 5.92 Å². The van der Waals surface area contributed by atoms with E-state index < -0.39 is 5.97 Å². The number of hydrogen-bond acceptors (Lipinski definition) is 2. The molecule has 16 heavy (non-hydrogen) atoms. The highest BCUT2D eigenvalue weighted by Gasteiger charge is 2.35. The van der Waals surface area contributed by atoms with E-state index in [1.807, 2.05) is 30.6 Å². The van der Waals surface area contributed by atoms with Crippen LogP contribution in [0.25, 0.3) is 11.0 Å². The Morgan fingerprint density at radius 2 is 2.12 bits per heavy atom. The molecule has 1 N–H and O–H groups in total. The molecule has 1 fully saturated rings. The molecule has 0 radical (unpaired) electrons. The first-order valence-electron chi connectivity index (χ1n) is 5.40. The fraction of sp³-hybridized carbons (Fsp3) is 0.333. The van der Waals surface area contributed by atoms with Gasteiger partial charge in [-0.25, -0.2) is 4.98 Å². The van der Waals surface area contributed by atoms with E-state index in [2.05, 4.69) is 9.55 Å². The Balaban J connectivity index is 1.89. The lowest BCUT2D eigenvalue weighted by atomic mass is 9.80. The molecule has 1 aliphatic carbocycles. The zero-order chi connectivity index (χ0) is 11.1. The normalized spacial score (nSPS) is 24.2. The topological polar surface area (TPSA) is 55.1 Å². The third kappa shape index (κ3) is 1.30. The molecule has 0 aliphatic heterocycles. The molecule has 0 bridgehead atoms. The van der Waals surface area contributed by atoms with Gasteiger partial charge < -0.3 is 9.67 Å². The van der Waals surface area contributed by atoms with Crippen molar-refractivity contribution in [3.63, 3.8) is 0 Å². The highest BCUT2D eigenvalue weighted by Crippen LogP contribution is 2.39. The van der Waals surface area contributed by atoms with E-state index in [0.717, 1.165) is 23.9 Å². The predicted octanol–water partition coefficient (Wildman–Crippen LogP) is 2.07. The number of para-hydroxylation sites is 2. The molecular weight excluding hydrogens is 204 g/mol. The van der Waals surface area contributed by atoms with Crippen LogP contribution in [0.5, 0.6) is 0 Å². The number of carboxylic acids is 1. The van der Waals surface area contributed by atoms with Crippen molar-refractivity contribution in [2.75, 3.05) is 0 Å². The summed E-state index contributed by atoms with van der Waals surface area (Å²) in [7, 11) is 0. The summed E-state index contributed by atoms with van der Waals surface area (Å²) in [4.78, 5) is 15.0. The summed E-state index contributed by atoms with van der Waals surface area (Å²) in [5.74, 6) is -0.855. The van der Waals surface area contributed by atoms with Crippen LogP contribution < -0.4 is 0 Å². The molecule has 2 aromatic rings. The SMILES string of the molecule is O=C(O)C1CC(n2cnc3ccccc32)C1. The minimum Gasteiger partial charge on any atom is -0.481 e. The summed E-state index contributed by atoms with van der Waals surface area (Å²) in [5.41, 5.74) is 2.07. The number of aromatic nitrogens is 2. The number of hydrogen-bond donors (Lipinski definition) is 1. The fourth-order valence-corrected chi connectivity index (χ4v) is 2.29. The first-order valence-corrected chi connectivity index (χ1v) is 5.40. The van der Waals surface area contributed by atoms with Crippen molar-refractivity contribution >= 4 is 17.0 Å². The lowest BCUT2D eigenvalue weighted by Crippen LogP contribution is -2.31. The molecule has 0 amide bonds. The van der Waals surface area contributed by atoms with Crippen molar-refractivity contribution in [2.24, 2.45) is 5.92 Å². The first kappa shape index (κ1) is 9.39. The maximum Gasteiger partial charge on any atom is 0.306 e. The molecule has 1 aromatic heterocycles. The molecule has 1 aromatic carbocycles. The van der Waals surface area contributed by atoms with Gasteiger partial charge in [-0.05, 0) is 25.0 Å². The highest BCUT2D eigenvalue weighted by atomic mass is 16.4. The average molecular weight is 216 g/mol. The van der Waals surface area contributed by atoms with Crippen LogP contribution in [0.1, 0.15) is 18.9 Å². The van der Waals surface area contributed by atoms with Gasteiger partial charge in [0.1, 0.15) is 0 Å². The third-order valence-corrected chi connectivity index (χ3v) is 3.34. The first-order chi connectivity index (χ1) is 7.75. The van der Waals surface area contributed by atoms with E-state index in [-0.39, 0.29) is 5.92 Å². The summed E-state index contributed by atoms with van der Waals surface area (Å²) >= 11 is 0. The van der Waals surface area contributed by atoms with Gasteiger partial charge in [-0.3, -0.25) is 4.79 Å². The van der Waals surface area contributed by atoms with Crippen molar-refractivity contribution in [2.45, 2.75) is 18.9 Å². The van der Waals surface area contributed by atoms with Crippen LogP contribution in [0.3, 0.4) is 0 Å². The lowest BCUT2D eigenvalue weighted by molar-refractivity contribution is -0.145. The van der Waals surface area contributed by atoms with Gasteiger partial charge in [-0.2, -0.15) is 0 Å². The second kappa shape index (κ2) is 3.33. The van der Waals surface area contributed by atoms with Gasteiger partial charge in [-0.15, -0.1) is 0 Å². The Labute approximate surface area is 92.5 Å². The molecular formula is C12H12N2O2. The number of rotatable bonds is 2. The van der Waals surface area contributed by atoms with Crippen LogP contribution in [0.2, 0.25) is 0 Å². The Kier molecular flexibility index (Phi) is 1.96. The number of nitrogens with zero attached hydrogens (tertiary/aromatic N) is 2. The van der Waals surface area contributed by atoms with Gasteiger partial charge >= 0.3 is 5.97 Å². The lowest BCUT2D eigenvalue weighted by Gasteiger charge is -2.33. The molecule has 1 heterocycles. The largest absolute Gasteiger partial charge is 0.481 e. The fourth-order valence-electron chi connectivity index (χ4n) is 2.29. The van der Waals surface area contributed by atoms with Gasteiger partial charge in [0.2, 0.25) is 0 Å². The number of carboxylic acid groups (broad SMARTS) is 1.